The zero-order valence-electron chi connectivity index (χ0n) is 6.86. The first-order valence-corrected chi connectivity index (χ1v) is 4.17. The van der Waals surface area contributed by atoms with Crippen molar-refractivity contribution in [2.75, 3.05) is 7.11 Å². The number of rotatable bonds is 1. The van der Waals surface area contributed by atoms with E-state index in [9.17, 15) is 0 Å². The summed E-state index contributed by atoms with van der Waals surface area (Å²) in [7, 11) is 1.78. The van der Waals surface area contributed by atoms with E-state index in [1.54, 1.807) is 7.11 Å². The lowest BCUT2D eigenvalue weighted by Crippen LogP contribution is -2.26. The summed E-state index contributed by atoms with van der Waals surface area (Å²) in [6, 6.07) is 0. The minimum atomic E-state index is -0.0451. The fourth-order valence-corrected chi connectivity index (χ4v) is 1.58. The topological polar surface area (TPSA) is 9.23 Å². The van der Waals surface area contributed by atoms with Gasteiger partial charge in [0.2, 0.25) is 0 Å². The summed E-state index contributed by atoms with van der Waals surface area (Å²) in [5, 5.41) is 0. The van der Waals surface area contributed by atoms with Crippen LogP contribution in [0.3, 0.4) is 0 Å². The summed E-state index contributed by atoms with van der Waals surface area (Å²) in [5.41, 5.74) is -0.0451. The van der Waals surface area contributed by atoms with E-state index in [2.05, 4.69) is 6.92 Å². The number of methoxy groups -OCH3 is 1. The zero-order valence-corrected chi connectivity index (χ0v) is 6.86. The van der Waals surface area contributed by atoms with Crippen molar-refractivity contribution < 1.29 is 4.74 Å². The van der Waals surface area contributed by atoms with Gasteiger partial charge in [-0.05, 0) is 19.8 Å². The van der Waals surface area contributed by atoms with E-state index >= 15 is 0 Å². The maximum Gasteiger partial charge on any atom is 0.0679 e. The molecule has 0 aliphatic heterocycles. The molecule has 0 atom stereocenters. The minimum Gasteiger partial charge on any atom is -0.378 e. The van der Waals surface area contributed by atoms with Gasteiger partial charge in [0.05, 0.1) is 5.60 Å². The fourth-order valence-electron chi connectivity index (χ4n) is 1.58. The molecular formula is C9H17O. The maximum absolute atomic E-state index is 5.35. The Morgan fingerprint density at radius 1 is 1.10 bits per heavy atom. The molecule has 1 radical (unpaired) electrons. The van der Waals surface area contributed by atoms with Gasteiger partial charge in [-0.25, -0.2) is 0 Å². The highest BCUT2D eigenvalue weighted by Gasteiger charge is 2.24. The Balaban J connectivity index is 2.41. The average Bonchev–Trinajstić information content (AvgIpc) is 2.15. The molecule has 0 saturated heterocycles. The molecule has 1 heteroatoms. The smallest absolute Gasteiger partial charge is 0.0679 e. The third-order valence-electron chi connectivity index (χ3n) is 2.45. The van der Waals surface area contributed by atoms with Crippen LogP contribution >= 0.6 is 0 Å². The lowest BCUT2D eigenvalue weighted by molar-refractivity contribution is 0.0170. The van der Waals surface area contributed by atoms with Crippen molar-refractivity contribution in [3.8, 4) is 0 Å². The van der Waals surface area contributed by atoms with E-state index in [0.717, 1.165) is 12.8 Å². The quantitative estimate of drug-likeness (QED) is 0.510. The highest BCUT2D eigenvalue weighted by atomic mass is 16.5. The Labute approximate surface area is 63.8 Å². The van der Waals surface area contributed by atoms with E-state index in [-0.39, 0.29) is 5.60 Å². The van der Waals surface area contributed by atoms with Crippen LogP contribution in [0, 0.1) is 6.92 Å². The Bertz CT molecular complexity index is 90.9. The molecule has 0 aromatic carbocycles. The van der Waals surface area contributed by atoms with Crippen LogP contribution < -0.4 is 0 Å². The van der Waals surface area contributed by atoms with Crippen LogP contribution in [0.4, 0.5) is 0 Å². The summed E-state index contributed by atoms with van der Waals surface area (Å²) in [6.07, 6.45) is 7.59. The first kappa shape index (κ1) is 8.06. The van der Waals surface area contributed by atoms with Gasteiger partial charge in [0.1, 0.15) is 0 Å². The van der Waals surface area contributed by atoms with Gasteiger partial charge in [0.15, 0.2) is 0 Å². The third kappa shape index (κ3) is 1.98. The molecule has 1 aliphatic rings. The Kier molecular flexibility index (Phi) is 2.72. The molecule has 0 aromatic rings. The molecule has 1 aliphatic carbocycles. The van der Waals surface area contributed by atoms with Crippen molar-refractivity contribution in [2.45, 2.75) is 44.1 Å². The van der Waals surface area contributed by atoms with Crippen LogP contribution in [0.25, 0.3) is 0 Å². The summed E-state index contributed by atoms with van der Waals surface area (Å²) >= 11 is 0. The molecule has 1 rings (SSSR count). The second-order valence-corrected chi connectivity index (χ2v) is 3.30. The Morgan fingerprint density at radius 3 is 2.00 bits per heavy atom. The lowest BCUT2D eigenvalue weighted by Gasteiger charge is -2.25. The molecule has 10 heavy (non-hydrogen) atoms. The zero-order chi connectivity index (χ0) is 7.45. The first-order valence-electron chi connectivity index (χ1n) is 4.17. The molecule has 1 fully saturated rings. The monoisotopic (exact) mass is 141 g/mol. The Morgan fingerprint density at radius 2 is 1.60 bits per heavy atom. The first-order chi connectivity index (χ1) is 4.77. The van der Waals surface area contributed by atoms with Crippen molar-refractivity contribution in [3.05, 3.63) is 6.92 Å². The van der Waals surface area contributed by atoms with Crippen LogP contribution in [0.2, 0.25) is 0 Å². The van der Waals surface area contributed by atoms with Gasteiger partial charge in [0.25, 0.3) is 0 Å². The standard InChI is InChI=1S/C9H17O/c1-9(10-2)7-5-3-4-6-8-9/h1,3-8H2,2H3. The van der Waals surface area contributed by atoms with Crippen LogP contribution in [0.1, 0.15) is 38.5 Å². The third-order valence-corrected chi connectivity index (χ3v) is 2.45. The molecule has 1 saturated carbocycles. The van der Waals surface area contributed by atoms with Crippen molar-refractivity contribution in [1.29, 1.82) is 0 Å². The van der Waals surface area contributed by atoms with Gasteiger partial charge < -0.3 is 4.74 Å². The molecule has 0 heterocycles. The summed E-state index contributed by atoms with van der Waals surface area (Å²) in [5.74, 6) is 0. The molecule has 0 unspecified atom stereocenters. The van der Waals surface area contributed by atoms with Crippen LogP contribution in [0.15, 0.2) is 0 Å². The van der Waals surface area contributed by atoms with Crippen molar-refractivity contribution in [2.24, 2.45) is 0 Å². The molecule has 0 bridgehead atoms. The molecule has 0 spiro atoms. The summed E-state index contributed by atoms with van der Waals surface area (Å²) < 4.78 is 5.35. The van der Waals surface area contributed by atoms with Gasteiger partial charge in [-0.2, -0.15) is 0 Å². The largest absolute Gasteiger partial charge is 0.378 e. The van der Waals surface area contributed by atoms with Gasteiger partial charge in [-0.15, -0.1) is 0 Å². The van der Waals surface area contributed by atoms with E-state index in [1.807, 2.05) is 0 Å². The van der Waals surface area contributed by atoms with E-state index < -0.39 is 0 Å². The molecular weight excluding hydrogens is 124 g/mol. The SMILES string of the molecule is [CH2]C1(OC)CCCCCC1. The molecule has 0 N–H and O–H groups in total. The number of hydrogen-bond donors (Lipinski definition) is 0. The van der Waals surface area contributed by atoms with Crippen molar-refractivity contribution >= 4 is 0 Å². The second kappa shape index (κ2) is 3.38. The molecule has 0 amide bonds. The molecule has 59 valence electrons. The van der Waals surface area contributed by atoms with Crippen LogP contribution in [-0.4, -0.2) is 12.7 Å². The van der Waals surface area contributed by atoms with Gasteiger partial charge in [-0.3, -0.25) is 0 Å². The van der Waals surface area contributed by atoms with Gasteiger partial charge >= 0.3 is 0 Å². The minimum absolute atomic E-state index is 0.0451. The van der Waals surface area contributed by atoms with Gasteiger partial charge in [-0.1, -0.05) is 25.7 Å². The predicted octanol–water partition coefficient (Wildman–Crippen LogP) is 2.56. The fraction of sp³-hybridized carbons (Fsp3) is 0.889. The summed E-state index contributed by atoms with van der Waals surface area (Å²) in [4.78, 5) is 0. The highest BCUT2D eigenvalue weighted by molar-refractivity contribution is 4.84. The maximum atomic E-state index is 5.35. The highest BCUT2D eigenvalue weighted by Crippen LogP contribution is 2.28. The second-order valence-electron chi connectivity index (χ2n) is 3.30. The van der Waals surface area contributed by atoms with Crippen molar-refractivity contribution in [1.82, 2.24) is 0 Å². The summed E-state index contributed by atoms with van der Waals surface area (Å²) in [6.45, 7) is 4.09. The van der Waals surface area contributed by atoms with E-state index in [4.69, 9.17) is 4.74 Å². The Hall–Kier alpha value is -0.0400. The van der Waals surface area contributed by atoms with Gasteiger partial charge in [0, 0.05) is 7.11 Å². The normalized spacial score (nSPS) is 25.8. The average molecular weight is 141 g/mol. The van der Waals surface area contributed by atoms with E-state index in [1.165, 1.54) is 25.7 Å². The predicted molar refractivity (Wildman–Crippen MR) is 42.8 cm³/mol. The lowest BCUT2D eigenvalue weighted by atomic mass is 9.97. The van der Waals surface area contributed by atoms with Crippen molar-refractivity contribution in [3.63, 3.8) is 0 Å². The molecule has 0 aromatic heterocycles. The number of hydrogen-bond acceptors (Lipinski definition) is 1. The van der Waals surface area contributed by atoms with E-state index in [0.29, 0.717) is 0 Å². The van der Waals surface area contributed by atoms with Crippen LogP contribution in [-0.2, 0) is 4.74 Å². The van der Waals surface area contributed by atoms with Crippen LogP contribution in [0.5, 0.6) is 0 Å². The number of ether oxygens (including phenoxy) is 1. The molecule has 1 nitrogen and oxygen atoms in total.